The molecule has 0 aliphatic heterocycles. The molecule has 2 aromatic carbocycles. The van der Waals surface area contributed by atoms with Crippen LogP contribution in [0.3, 0.4) is 0 Å². The molecule has 0 atom stereocenters. The molecule has 0 saturated carbocycles. The number of sulfone groups is 1. The highest BCUT2D eigenvalue weighted by Crippen LogP contribution is 2.29. The average molecular weight is 425 g/mol. The summed E-state index contributed by atoms with van der Waals surface area (Å²) in [5.41, 5.74) is 1.87. The van der Waals surface area contributed by atoms with Crippen LogP contribution in [0.15, 0.2) is 51.7 Å². The summed E-state index contributed by atoms with van der Waals surface area (Å²) in [6.45, 7) is 3.81. The number of aryl methyl sites for hydroxylation is 1. The number of nitrogens with one attached hydrogen (secondary N) is 1. The van der Waals surface area contributed by atoms with Crippen LogP contribution in [0.5, 0.6) is 0 Å². The van der Waals surface area contributed by atoms with Crippen LogP contribution in [-0.2, 0) is 19.9 Å². The lowest BCUT2D eigenvalue weighted by atomic mass is 10.2. The van der Waals surface area contributed by atoms with Crippen LogP contribution in [0.4, 0.5) is 5.69 Å². The fourth-order valence-electron chi connectivity index (χ4n) is 2.45. The van der Waals surface area contributed by atoms with Crippen molar-refractivity contribution < 1.29 is 16.8 Å². The topological polar surface area (TPSA) is 93.2 Å². The van der Waals surface area contributed by atoms with Gasteiger partial charge in [0.1, 0.15) is 0 Å². The van der Waals surface area contributed by atoms with Gasteiger partial charge in [-0.1, -0.05) is 31.0 Å². The third kappa shape index (κ3) is 4.48. The van der Waals surface area contributed by atoms with Gasteiger partial charge < -0.3 is 0 Å². The molecule has 144 valence electrons. The van der Waals surface area contributed by atoms with Gasteiger partial charge in [0.15, 0.2) is 0 Å². The number of aromatic nitrogens is 1. The van der Waals surface area contributed by atoms with Gasteiger partial charge in [0, 0.05) is 0 Å². The van der Waals surface area contributed by atoms with Crippen molar-refractivity contribution in [3.05, 3.63) is 48.0 Å². The number of fused-ring (bicyclic) bond motifs is 1. The Morgan fingerprint density at radius 2 is 1.74 bits per heavy atom. The maximum Gasteiger partial charge on any atom is 0.261 e. The maximum absolute atomic E-state index is 12.5. The van der Waals surface area contributed by atoms with Gasteiger partial charge in [-0.05, 0) is 43.7 Å². The zero-order valence-electron chi connectivity index (χ0n) is 15.0. The van der Waals surface area contributed by atoms with E-state index in [1.165, 1.54) is 0 Å². The van der Waals surface area contributed by atoms with E-state index in [2.05, 4.69) is 9.71 Å². The monoisotopic (exact) mass is 424 g/mol. The molecule has 0 aliphatic rings. The third-order valence-corrected chi connectivity index (χ3v) is 8.66. The Morgan fingerprint density at radius 3 is 2.41 bits per heavy atom. The maximum atomic E-state index is 12.5. The van der Waals surface area contributed by atoms with Crippen molar-refractivity contribution in [2.45, 2.75) is 35.9 Å². The molecule has 0 radical (unpaired) electrons. The second-order valence-electron chi connectivity index (χ2n) is 6.25. The van der Waals surface area contributed by atoms with Gasteiger partial charge in [-0.2, -0.15) is 0 Å². The molecule has 0 spiro atoms. The second-order valence-corrected chi connectivity index (χ2v) is 11.2. The Bertz CT molecular complexity index is 1170. The third-order valence-electron chi connectivity index (χ3n) is 3.98. The first-order chi connectivity index (χ1) is 12.7. The standard InChI is InChI=1S/C18H20N2O4S3/c1-3-4-11-26(21,22)18-19-16-10-7-14(12-17(16)25-18)20-27(23,24)15-8-5-13(2)6-9-15/h5-10,12,20H,3-4,11H2,1-2H3. The zero-order chi connectivity index (χ0) is 19.7. The van der Waals surface area contributed by atoms with Crippen LogP contribution in [-0.4, -0.2) is 27.6 Å². The van der Waals surface area contributed by atoms with Crippen LogP contribution in [0.1, 0.15) is 25.3 Å². The smallest absolute Gasteiger partial charge is 0.261 e. The van der Waals surface area contributed by atoms with Crippen LogP contribution in [0.25, 0.3) is 10.2 Å². The van der Waals surface area contributed by atoms with E-state index in [9.17, 15) is 16.8 Å². The number of hydrogen-bond donors (Lipinski definition) is 1. The molecule has 0 fully saturated rings. The Morgan fingerprint density at radius 1 is 1.04 bits per heavy atom. The van der Waals surface area contributed by atoms with Crippen LogP contribution >= 0.6 is 11.3 Å². The Balaban J connectivity index is 1.89. The van der Waals surface area contributed by atoms with Gasteiger partial charge in [-0.15, -0.1) is 11.3 Å². The summed E-state index contributed by atoms with van der Waals surface area (Å²) in [5, 5.41) is 0. The number of rotatable bonds is 7. The molecule has 0 amide bonds. The summed E-state index contributed by atoms with van der Waals surface area (Å²) in [4.78, 5) is 4.36. The number of unbranched alkanes of at least 4 members (excludes halogenated alkanes) is 1. The van der Waals surface area contributed by atoms with E-state index < -0.39 is 19.9 Å². The van der Waals surface area contributed by atoms with Gasteiger partial charge in [-0.3, -0.25) is 4.72 Å². The summed E-state index contributed by atoms with van der Waals surface area (Å²) in [6.07, 6.45) is 1.37. The van der Waals surface area contributed by atoms with Crippen LogP contribution in [0.2, 0.25) is 0 Å². The fourth-order valence-corrected chi connectivity index (χ4v) is 6.35. The number of thiazole rings is 1. The summed E-state index contributed by atoms with van der Waals surface area (Å²) < 4.78 is 52.9. The molecule has 0 bridgehead atoms. The molecule has 1 N–H and O–H groups in total. The average Bonchev–Trinajstić information content (AvgIpc) is 3.04. The lowest BCUT2D eigenvalue weighted by molar-refractivity contribution is 0.592. The van der Waals surface area contributed by atoms with Crippen molar-refractivity contribution in [3.63, 3.8) is 0 Å². The van der Waals surface area contributed by atoms with E-state index >= 15 is 0 Å². The van der Waals surface area contributed by atoms with E-state index in [1.807, 2.05) is 13.8 Å². The van der Waals surface area contributed by atoms with Gasteiger partial charge >= 0.3 is 0 Å². The Hall–Kier alpha value is -1.97. The highest BCUT2D eigenvalue weighted by Gasteiger charge is 2.20. The number of nitrogens with zero attached hydrogens (tertiary/aromatic N) is 1. The first kappa shape index (κ1) is 19.8. The van der Waals surface area contributed by atoms with Crippen molar-refractivity contribution in [1.29, 1.82) is 0 Å². The molecular weight excluding hydrogens is 404 g/mol. The van der Waals surface area contributed by atoms with Gasteiger partial charge in [-0.25, -0.2) is 21.8 Å². The lowest BCUT2D eigenvalue weighted by Crippen LogP contribution is -2.12. The van der Waals surface area contributed by atoms with E-state index in [-0.39, 0.29) is 15.0 Å². The summed E-state index contributed by atoms with van der Waals surface area (Å²) >= 11 is 1.06. The molecule has 3 rings (SSSR count). The molecule has 6 nitrogen and oxygen atoms in total. The van der Waals surface area contributed by atoms with Gasteiger partial charge in [0.25, 0.3) is 10.0 Å². The molecule has 9 heteroatoms. The van der Waals surface area contributed by atoms with Crippen molar-refractivity contribution in [3.8, 4) is 0 Å². The van der Waals surface area contributed by atoms with E-state index in [0.29, 0.717) is 22.3 Å². The molecule has 27 heavy (non-hydrogen) atoms. The summed E-state index contributed by atoms with van der Waals surface area (Å²) in [6, 6.07) is 11.4. The van der Waals surface area contributed by atoms with Crippen molar-refractivity contribution in [1.82, 2.24) is 4.98 Å². The van der Waals surface area contributed by atoms with Crippen molar-refractivity contribution in [2.24, 2.45) is 0 Å². The van der Waals surface area contributed by atoms with E-state index in [1.54, 1.807) is 42.5 Å². The quantitative estimate of drug-likeness (QED) is 0.619. The predicted octanol–water partition coefficient (Wildman–Crippen LogP) is 3.98. The van der Waals surface area contributed by atoms with E-state index in [4.69, 9.17) is 0 Å². The number of sulfonamides is 1. The lowest BCUT2D eigenvalue weighted by Gasteiger charge is -2.08. The molecule has 3 aromatic rings. The minimum atomic E-state index is -3.72. The van der Waals surface area contributed by atoms with Gasteiger partial charge in [0.2, 0.25) is 14.2 Å². The predicted molar refractivity (Wildman–Crippen MR) is 109 cm³/mol. The zero-order valence-corrected chi connectivity index (χ0v) is 17.4. The number of anilines is 1. The summed E-state index contributed by atoms with van der Waals surface area (Å²) in [5.74, 6) is 0.0657. The molecule has 0 saturated heterocycles. The molecule has 0 unspecified atom stereocenters. The highest BCUT2D eigenvalue weighted by atomic mass is 32.2. The molecule has 1 heterocycles. The fraction of sp³-hybridized carbons (Fsp3) is 0.278. The minimum Gasteiger partial charge on any atom is -0.280 e. The Kier molecular flexibility index (Phi) is 5.55. The Labute approximate surface area is 163 Å². The van der Waals surface area contributed by atoms with Crippen molar-refractivity contribution in [2.75, 3.05) is 10.5 Å². The first-order valence-corrected chi connectivity index (χ1v) is 12.4. The van der Waals surface area contributed by atoms with Crippen molar-refractivity contribution >= 4 is 47.1 Å². The van der Waals surface area contributed by atoms with Crippen LogP contribution in [0, 0.1) is 6.92 Å². The molecule has 0 aliphatic carbocycles. The molecule has 1 aromatic heterocycles. The number of hydrogen-bond acceptors (Lipinski definition) is 6. The van der Waals surface area contributed by atoms with E-state index in [0.717, 1.165) is 23.3 Å². The minimum absolute atomic E-state index is 0.0657. The van der Waals surface area contributed by atoms with Gasteiger partial charge in [0.05, 0.1) is 26.6 Å². The SMILES string of the molecule is CCCCS(=O)(=O)c1nc2ccc(NS(=O)(=O)c3ccc(C)cc3)cc2s1. The second kappa shape index (κ2) is 7.57. The summed E-state index contributed by atoms with van der Waals surface area (Å²) in [7, 11) is -7.13. The normalized spacial score (nSPS) is 12.4. The highest BCUT2D eigenvalue weighted by molar-refractivity contribution is 7.93. The molecular formula is C18H20N2O4S3. The number of benzene rings is 2. The van der Waals surface area contributed by atoms with Crippen LogP contribution < -0.4 is 4.72 Å². The largest absolute Gasteiger partial charge is 0.280 e. The first-order valence-electron chi connectivity index (χ1n) is 8.44.